The zero-order chi connectivity index (χ0) is 22.5. The van der Waals surface area contributed by atoms with Gasteiger partial charge in [0.15, 0.2) is 0 Å². The van der Waals surface area contributed by atoms with E-state index >= 15 is 0 Å². The zero-order valence-corrected chi connectivity index (χ0v) is 18.4. The molecule has 8 heteroatoms. The van der Waals surface area contributed by atoms with E-state index in [1.165, 1.54) is 4.90 Å². The summed E-state index contributed by atoms with van der Waals surface area (Å²) in [5.74, 6) is 0.518. The molecule has 1 N–H and O–H groups in total. The van der Waals surface area contributed by atoms with Crippen LogP contribution in [0.4, 0.5) is 5.82 Å². The Morgan fingerprint density at radius 1 is 0.938 bits per heavy atom. The number of rotatable bonds is 6. The highest BCUT2D eigenvalue weighted by Crippen LogP contribution is 2.17. The Bertz CT molecular complexity index is 958. The third-order valence-electron chi connectivity index (χ3n) is 6.02. The van der Waals surface area contributed by atoms with Gasteiger partial charge in [-0.3, -0.25) is 19.3 Å². The first-order valence-electron chi connectivity index (χ1n) is 11.1. The molecule has 1 aromatic heterocycles. The number of pyridine rings is 1. The fourth-order valence-electron chi connectivity index (χ4n) is 4.01. The molecule has 0 unspecified atom stereocenters. The summed E-state index contributed by atoms with van der Waals surface area (Å²) in [6.45, 7) is 4.76. The second-order valence-corrected chi connectivity index (χ2v) is 8.42. The molecule has 2 aliphatic heterocycles. The summed E-state index contributed by atoms with van der Waals surface area (Å²) in [5.41, 5.74) is 2.30. The van der Waals surface area contributed by atoms with Crippen molar-refractivity contribution in [2.75, 3.05) is 38.1 Å². The topological polar surface area (TPSA) is 85.9 Å². The molecular weight excluding hydrogens is 406 g/mol. The van der Waals surface area contributed by atoms with Crippen molar-refractivity contribution in [3.8, 4) is 0 Å². The molecule has 0 saturated carbocycles. The quantitative estimate of drug-likeness (QED) is 0.697. The smallest absolute Gasteiger partial charge is 0.251 e. The number of likely N-dealkylation sites (N-methyl/N-ethyl adjacent to an activating group) is 1. The van der Waals surface area contributed by atoms with Crippen LogP contribution in [-0.4, -0.2) is 65.7 Å². The monoisotopic (exact) mass is 435 g/mol. The molecule has 4 rings (SSSR count). The summed E-state index contributed by atoms with van der Waals surface area (Å²) in [5, 5.41) is 2.92. The first kappa shape index (κ1) is 22.0. The van der Waals surface area contributed by atoms with Crippen molar-refractivity contribution < 1.29 is 14.4 Å². The molecule has 2 aliphatic rings. The number of amides is 3. The molecule has 0 radical (unpaired) electrons. The third-order valence-corrected chi connectivity index (χ3v) is 6.02. The minimum Gasteiger partial charge on any atom is -0.355 e. The highest BCUT2D eigenvalue weighted by atomic mass is 16.2. The van der Waals surface area contributed by atoms with Crippen LogP contribution in [0, 0.1) is 0 Å². The normalized spacial score (nSPS) is 17.5. The summed E-state index contributed by atoms with van der Waals surface area (Å²) >= 11 is 0. The number of carbonyl (C=O) groups excluding carboxylic acids is 3. The van der Waals surface area contributed by atoms with Crippen molar-refractivity contribution in [1.82, 2.24) is 20.1 Å². The molecule has 1 aromatic carbocycles. The molecule has 0 aliphatic carbocycles. The zero-order valence-electron chi connectivity index (χ0n) is 18.4. The maximum absolute atomic E-state index is 12.5. The highest BCUT2D eigenvalue weighted by molar-refractivity contribution is 6.01. The van der Waals surface area contributed by atoms with Crippen LogP contribution in [0.5, 0.6) is 0 Å². The van der Waals surface area contributed by atoms with Crippen LogP contribution in [0.3, 0.4) is 0 Å². The first-order valence-corrected chi connectivity index (χ1v) is 11.1. The van der Waals surface area contributed by atoms with Gasteiger partial charge in [-0.05, 0) is 49.3 Å². The van der Waals surface area contributed by atoms with Gasteiger partial charge < -0.3 is 15.1 Å². The van der Waals surface area contributed by atoms with Crippen LogP contribution >= 0.6 is 0 Å². The lowest BCUT2D eigenvalue weighted by Gasteiger charge is -2.21. The summed E-state index contributed by atoms with van der Waals surface area (Å²) in [6, 6.07) is 11.0. The van der Waals surface area contributed by atoms with Crippen molar-refractivity contribution in [3.63, 3.8) is 0 Å². The van der Waals surface area contributed by atoms with Crippen molar-refractivity contribution in [3.05, 3.63) is 59.3 Å². The van der Waals surface area contributed by atoms with Crippen molar-refractivity contribution in [2.24, 2.45) is 0 Å². The SMILES string of the molecule is CN1CCCN(c2ccc(CNC(=O)c3ccc(CN4C(=O)CCC4=O)cc3)cn2)CC1. The van der Waals surface area contributed by atoms with Gasteiger partial charge >= 0.3 is 0 Å². The van der Waals surface area contributed by atoms with Crippen LogP contribution in [-0.2, 0) is 22.7 Å². The van der Waals surface area contributed by atoms with Crippen LogP contribution < -0.4 is 10.2 Å². The molecule has 2 aromatic rings. The first-order chi connectivity index (χ1) is 15.5. The van der Waals surface area contributed by atoms with E-state index in [1.54, 1.807) is 24.3 Å². The molecular formula is C24H29N5O3. The van der Waals surface area contributed by atoms with E-state index in [0.717, 1.165) is 49.5 Å². The third kappa shape index (κ3) is 5.31. The van der Waals surface area contributed by atoms with Crippen LogP contribution in [0.1, 0.15) is 40.7 Å². The van der Waals surface area contributed by atoms with E-state index in [2.05, 4.69) is 27.1 Å². The molecule has 168 valence electrons. The van der Waals surface area contributed by atoms with Gasteiger partial charge in [-0.25, -0.2) is 4.98 Å². The van der Waals surface area contributed by atoms with E-state index in [4.69, 9.17) is 0 Å². The van der Waals surface area contributed by atoms with Gasteiger partial charge in [0.1, 0.15) is 5.82 Å². The van der Waals surface area contributed by atoms with Gasteiger partial charge in [0, 0.05) is 50.8 Å². The van der Waals surface area contributed by atoms with E-state index < -0.39 is 0 Å². The van der Waals surface area contributed by atoms with E-state index in [1.807, 2.05) is 18.3 Å². The number of nitrogens with zero attached hydrogens (tertiary/aromatic N) is 4. The number of carbonyl (C=O) groups is 3. The number of nitrogens with one attached hydrogen (secondary N) is 1. The Morgan fingerprint density at radius 3 is 2.34 bits per heavy atom. The van der Waals surface area contributed by atoms with Gasteiger partial charge in [-0.1, -0.05) is 18.2 Å². The Hall–Kier alpha value is -3.26. The molecule has 3 heterocycles. The average Bonchev–Trinajstić information content (AvgIpc) is 2.99. The molecule has 0 bridgehead atoms. The number of likely N-dealkylation sites (tertiary alicyclic amines) is 1. The fraction of sp³-hybridized carbons (Fsp3) is 0.417. The second-order valence-electron chi connectivity index (χ2n) is 8.42. The van der Waals surface area contributed by atoms with Crippen LogP contribution in [0.15, 0.2) is 42.6 Å². The summed E-state index contributed by atoms with van der Waals surface area (Å²) in [4.78, 5) is 46.5. The summed E-state index contributed by atoms with van der Waals surface area (Å²) in [7, 11) is 2.14. The van der Waals surface area contributed by atoms with E-state index in [9.17, 15) is 14.4 Å². The van der Waals surface area contributed by atoms with Gasteiger partial charge in [-0.2, -0.15) is 0 Å². The van der Waals surface area contributed by atoms with Gasteiger partial charge in [-0.15, -0.1) is 0 Å². The van der Waals surface area contributed by atoms with Crippen LogP contribution in [0.2, 0.25) is 0 Å². The Kier molecular flexibility index (Phi) is 6.80. The highest BCUT2D eigenvalue weighted by Gasteiger charge is 2.28. The Morgan fingerprint density at radius 2 is 1.66 bits per heavy atom. The number of aromatic nitrogens is 1. The number of benzene rings is 1. The summed E-state index contributed by atoms with van der Waals surface area (Å²) < 4.78 is 0. The maximum Gasteiger partial charge on any atom is 0.251 e. The minimum atomic E-state index is -0.176. The van der Waals surface area contributed by atoms with E-state index in [0.29, 0.717) is 12.1 Å². The average molecular weight is 436 g/mol. The Labute approximate surface area is 188 Å². The lowest BCUT2D eigenvalue weighted by molar-refractivity contribution is -0.139. The molecule has 2 fully saturated rings. The summed E-state index contributed by atoms with van der Waals surface area (Å²) in [6.07, 6.45) is 3.51. The molecule has 3 amide bonds. The Balaban J connectivity index is 1.28. The maximum atomic E-state index is 12.5. The van der Waals surface area contributed by atoms with Gasteiger partial charge in [0.2, 0.25) is 11.8 Å². The predicted octanol–water partition coefficient (Wildman–Crippen LogP) is 1.80. The largest absolute Gasteiger partial charge is 0.355 e. The molecule has 8 nitrogen and oxygen atoms in total. The van der Waals surface area contributed by atoms with Gasteiger partial charge in [0.05, 0.1) is 6.54 Å². The molecule has 2 saturated heterocycles. The standard InChI is InChI=1S/C24H29N5O3/c1-27-11-2-12-28(14-13-27)21-8-5-19(15-25-21)16-26-24(32)20-6-3-18(4-7-20)17-29-22(30)9-10-23(29)31/h3-8,15H,2,9-14,16-17H2,1H3,(H,26,32). The lowest BCUT2D eigenvalue weighted by atomic mass is 10.1. The van der Waals surface area contributed by atoms with Gasteiger partial charge in [0.25, 0.3) is 5.91 Å². The number of anilines is 1. The van der Waals surface area contributed by atoms with Crippen molar-refractivity contribution >= 4 is 23.5 Å². The molecule has 32 heavy (non-hydrogen) atoms. The van der Waals surface area contributed by atoms with Crippen molar-refractivity contribution in [1.29, 1.82) is 0 Å². The number of imide groups is 1. The van der Waals surface area contributed by atoms with E-state index in [-0.39, 0.29) is 37.1 Å². The minimum absolute atomic E-state index is 0.139. The molecule has 0 spiro atoms. The second kappa shape index (κ2) is 9.91. The van der Waals surface area contributed by atoms with Crippen molar-refractivity contribution in [2.45, 2.75) is 32.4 Å². The predicted molar refractivity (Wildman–Crippen MR) is 121 cm³/mol. The number of hydrogen-bond donors (Lipinski definition) is 1. The number of hydrogen-bond acceptors (Lipinski definition) is 6. The van der Waals surface area contributed by atoms with Crippen LogP contribution in [0.25, 0.3) is 0 Å². The molecule has 0 atom stereocenters. The lowest BCUT2D eigenvalue weighted by Crippen LogP contribution is -2.29. The fourth-order valence-corrected chi connectivity index (χ4v) is 4.01.